The molecule has 1 N–H and O–H groups in total. The number of fused-ring (bicyclic) bond motifs is 1. The van der Waals surface area contributed by atoms with Gasteiger partial charge in [-0.15, -0.1) is 0 Å². The summed E-state index contributed by atoms with van der Waals surface area (Å²) in [5, 5.41) is 5.42. The van der Waals surface area contributed by atoms with Crippen LogP contribution in [0.15, 0.2) is 96.6 Å². The van der Waals surface area contributed by atoms with Crippen LogP contribution < -0.4 is 5.43 Å². The lowest BCUT2D eigenvalue weighted by atomic mass is 10.1. The SMILES string of the molecule is C/C(=N\NC(=O)c1ccc2c(c1)c(C)c(C)n2Cc1ccccc1)c1ccc(-n2ccnc2)cc1. The Morgan fingerprint density at radius 1 is 0.971 bits per heavy atom. The van der Waals surface area contributed by atoms with E-state index in [1.165, 1.54) is 16.8 Å². The van der Waals surface area contributed by atoms with E-state index in [0.717, 1.165) is 34.4 Å². The van der Waals surface area contributed by atoms with Crippen molar-refractivity contribution in [3.63, 3.8) is 0 Å². The molecule has 2 heterocycles. The maximum atomic E-state index is 12.9. The number of carbonyl (C=O) groups is 1. The first-order valence-electron chi connectivity index (χ1n) is 11.6. The molecule has 0 saturated carbocycles. The zero-order valence-electron chi connectivity index (χ0n) is 20.1. The summed E-state index contributed by atoms with van der Waals surface area (Å²) in [6.45, 7) is 6.92. The van der Waals surface area contributed by atoms with E-state index in [2.05, 4.69) is 58.2 Å². The number of hydrogen-bond donors (Lipinski definition) is 1. The van der Waals surface area contributed by atoms with Crippen LogP contribution in [0.3, 0.4) is 0 Å². The number of rotatable bonds is 6. The fraction of sp³-hybridized carbons (Fsp3) is 0.138. The van der Waals surface area contributed by atoms with Crippen LogP contribution in [0.25, 0.3) is 16.6 Å². The number of hydrogen-bond acceptors (Lipinski definition) is 3. The monoisotopic (exact) mass is 461 g/mol. The Morgan fingerprint density at radius 3 is 2.43 bits per heavy atom. The van der Waals surface area contributed by atoms with Gasteiger partial charge in [0.2, 0.25) is 0 Å². The molecule has 0 bridgehead atoms. The van der Waals surface area contributed by atoms with Crippen molar-refractivity contribution in [3.8, 4) is 5.69 Å². The van der Waals surface area contributed by atoms with Gasteiger partial charge in [0.1, 0.15) is 0 Å². The van der Waals surface area contributed by atoms with Crippen LogP contribution in [-0.2, 0) is 6.54 Å². The second-order valence-corrected chi connectivity index (χ2v) is 8.67. The van der Waals surface area contributed by atoms with Gasteiger partial charge < -0.3 is 9.13 Å². The number of imidazole rings is 1. The van der Waals surface area contributed by atoms with Crippen molar-refractivity contribution in [1.29, 1.82) is 0 Å². The molecular weight excluding hydrogens is 434 g/mol. The molecule has 0 aliphatic heterocycles. The second-order valence-electron chi connectivity index (χ2n) is 8.67. The highest BCUT2D eigenvalue weighted by atomic mass is 16.2. The number of nitrogens with one attached hydrogen (secondary N) is 1. The van der Waals surface area contributed by atoms with Crippen LogP contribution in [0, 0.1) is 13.8 Å². The number of benzene rings is 3. The van der Waals surface area contributed by atoms with E-state index in [1.54, 1.807) is 12.5 Å². The van der Waals surface area contributed by atoms with Gasteiger partial charge in [-0.2, -0.15) is 5.10 Å². The minimum Gasteiger partial charge on any atom is -0.340 e. The smallest absolute Gasteiger partial charge is 0.271 e. The Balaban J connectivity index is 1.34. The molecule has 2 aromatic heterocycles. The summed E-state index contributed by atoms with van der Waals surface area (Å²) < 4.78 is 4.24. The van der Waals surface area contributed by atoms with Crippen molar-refractivity contribution in [2.45, 2.75) is 27.3 Å². The van der Waals surface area contributed by atoms with Crippen LogP contribution >= 0.6 is 0 Å². The Hall–Kier alpha value is -4.45. The molecule has 0 aliphatic carbocycles. The fourth-order valence-electron chi connectivity index (χ4n) is 4.31. The molecule has 0 atom stereocenters. The highest BCUT2D eigenvalue weighted by Gasteiger charge is 2.14. The number of carbonyl (C=O) groups excluding carboxylic acids is 1. The molecule has 6 nitrogen and oxygen atoms in total. The van der Waals surface area contributed by atoms with Crippen molar-refractivity contribution >= 4 is 22.5 Å². The van der Waals surface area contributed by atoms with Crippen LogP contribution in [0.4, 0.5) is 0 Å². The lowest BCUT2D eigenvalue weighted by Crippen LogP contribution is -2.19. The van der Waals surface area contributed by atoms with Gasteiger partial charge in [-0.1, -0.05) is 42.5 Å². The van der Waals surface area contributed by atoms with Gasteiger partial charge in [0.15, 0.2) is 0 Å². The molecule has 3 aromatic carbocycles. The minimum absolute atomic E-state index is 0.228. The van der Waals surface area contributed by atoms with Crippen molar-refractivity contribution in [2.75, 3.05) is 0 Å². The molecular formula is C29H27N5O. The first-order chi connectivity index (χ1) is 17.0. The lowest BCUT2D eigenvalue weighted by Gasteiger charge is -2.09. The van der Waals surface area contributed by atoms with Crippen LogP contribution in [-0.4, -0.2) is 25.7 Å². The van der Waals surface area contributed by atoms with Gasteiger partial charge >= 0.3 is 0 Å². The molecule has 5 aromatic rings. The average molecular weight is 462 g/mol. The molecule has 5 rings (SSSR count). The molecule has 0 aliphatic rings. The maximum absolute atomic E-state index is 12.9. The van der Waals surface area contributed by atoms with E-state index < -0.39 is 0 Å². The molecule has 1 amide bonds. The summed E-state index contributed by atoms with van der Waals surface area (Å²) in [4.78, 5) is 17.0. The third-order valence-corrected chi connectivity index (χ3v) is 6.50. The van der Waals surface area contributed by atoms with Gasteiger partial charge in [0.25, 0.3) is 5.91 Å². The molecule has 0 saturated heterocycles. The summed E-state index contributed by atoms with van der Waals surface area (Å²) in [6.07, 6.45) is 5.40. The van der Waals surface area contributed by atoms with Crippen LogP contribution in [0.5, 0.6) is 0 Å². The van der Waals surface area contributed by atoms with Crippen LogP contribution in [0.1, 0.15) is 39.7 Å². The molecule has 6 heteroatoms. The van der Waals surface area contributed by atoms with E-state index in [4.69, 9.17) is 0 Å². The lowest BCUT2D eigenvalue weighted by molar-refractivity contribution is 0.0955. The molecule has 35 heavy (non-hydrogen) atoms. The van der Waals surface area contributed by atoms with Crippen LogP contribution in [0.2, 0.25) is 0 Å². The largest absolute Gasteiger partial charge is 0.340 e. The Bertz CT molecular complexity index is 1510. The van der Waals surface area contributed by atoms with E-state index in [-0.39, 0.29) is 5.91 Å². The predicted molar refractivity (Wildman–Crippen MR) is 140 cm³/mol. The Kier molecular flexibility index (Phi) is 6.02. The number of hydrazone groups is 1. The third-order valence-electron chi connectivity index (χ3n) is 6.50. The molecule has 174 valence electrons. The standard InChI is InChI=1S/C29H27N5O/c1-20-22(3)34(18-23-7-5-4-6-8-23)28-14-11-25(17-27(20)28)29(35)32-31-21(2)24-9-12-26(13-10-24)33-16-15-30-19-33/h4-17,19H,18H2,1-3H3,(H,32,35)/b31-21+. The summed E-state index contributed by atoms with van der Waals surface area (Å²) in [5.74, 6) is -0.228. The fourth-order valence-corrected chi connectivity index (χ4v) is 4.31. The summed E-state index contributed by atoms with van der Waals surface area (Å²) in [7, 11) is 0. The van der Waals surface area contributed by atoms with E-state index in [1.807, 2.05) is 66.2 Å². The number of nitrogens with zero attached hydrogens (tertiary/aromatic N) is 4. The van der Waals surface area contributed by atoms with Gasteiger partial charge in [-0.05, 0) is 67.8 Å². The van der Waals surface area contributed by atoms with Gasteiger partial charge in [-0.3, -0.25) is 4.79 Å². The summed E-state index contributed by atoms with van der Waals surface area (Å²) >= 11 is 0. The normalized spacial score (nSPS) is 11.7. The molecule has 0 unspecified atom stereocenters. The third kappa shape index (κ3) is 4.51. The summed E-state index contributed by atoms with van der Waals surface area (Å²) in [6, 6.07) is 24.2. The first-order valence-corrected chi connectivity index (χ1v) is 11.6. The number of aromatic nitrogens is 3. The highest BCUT2D eigenvalue weighted by Crippen LogP contribution is 2.27. The minimum atomic E-state index is -0.228. The summed E-state index contributed by atoms with van der Waals surface area (Å²) in [5.41, 5.74) is 10.7. The van der Waals surface area contributed by atoms with E-state index in [0.29, 0.717) is 5.56 Å². The zero-order valence-corrected chi connectivity index (χ0v) is 20.1. The van der Waals surface area contributed by atoms with E-state index in [9.17, 15) is 4.79 Å². The highest BCUT2D eigenvalue weighted by molar-refractivity contribution is 6.02. The van der Waals surface area contributed by atoms with Crippen molar-refractivity contribution in [1.82, 2.24) is 19.5 Å². The van der Waals surface area contributed by atoms with Gasteiger partial charge in [0.05, 0.1) is 12.0 Å². The Labute approximate surface area is 204 Å². The molecule has 0 radical (unpaired) electrons. The second kappa shape index (κ2) is 9.43. The van der Waals surface area contributed by atoms with Crippen molar-refractivity contribution in [2.24, 2.45) is 5.10 Å². The van der Waals surface area contributed by atoms with Crippen molar-refractivity contribution < 1.29 is 4.79 Å². The van der Waals surface area contributed by atoms with Crippen molar-refractivity contribution in [3.05, 3.63) is 119 Å². The quantitative estimate of drug-likeness (QED) is 0.262. The number of aryl methyl sites for hydroxylation is 1. The Morgan fingerprint density at radius 2 is 1.71 bits per heavy atom. The first kappa shape index (κ1) is 22.3. The van der Waals surface area contributed by atoms with E-state index >= 15 is 0 Å². The zero-order chi connectivity index (χ0) is 24.4. The molecule has 0 fully saturated rings. The van der Waals surface area contributed by atoms with Gasteiger partial charge in [-0.25, -0.2) is 10.4 Å². The maximum Gasteiger partial charge on any atom is 0.271 e. The number of amides is 1. The van der Waals surface area contributed by atoms with Gasteiger partial charge in [0, 0.05) is 46.8 Å². The topological polar surface area (TPSA) is 64.2 Å². The average Bonchev–Trinajstić information content (AvgIpc) is 3.52. The molecule has 0 spiro atoms. The predicted octanol–water partition coefficient (Wildman–Crippen LogP) is 5.65.